The lowest BCUT2D eigenvalue weighted by Crippen LogP contribution is -2.34. The van der Waals surface area contributed by atoms with Crippen LogP contribution in [-0.4, -0.2) is 21.4 Å². The van der Waals surface area contributed by atoms with E-state index in [4.69, 9.17) is 46.4 Å². The third kappa shape index (κ3) is 4.71. The number of hydrogen-bond donors (Lipinski definition) is 1. The lowest BCUT2D eigenvalue weighted by atomic mass is 9.78. The van der Waals surface area contributed by atoms with Gasteiger partial charge >= 0.3 is 0 Å². The van der Waals surface area contributed by atoms with E-state index >= 15 is 0 Å². The molecule has 0 saturated heterocycles. The molecule has 1 aliphatic heterocycles. The van der Waals surface area contributed by atoms with Crippen molar-refractivity contribution in [3.8, 4) is 5.69 Å². The molecule has 0 unspecified atom stereocenters. The van der Waals surface area contributed by atoms with Crippen molar-refractivity contribution in [3.05, 3.63) is 114 Å². The maximum atomic E-state index is 13.9. The van der Waals surface area contributed by atoms with Crippen LogP contribution in [0.25, 0.3) is 5.69 Å². The molecular formula is C27H20Cl4N4O2. The number of amides is 1. The highest BCUT2D eigenvalue weighted by Gasteiger charge is 2.44. The van der Waals surface area contributed by atoms with E-state index in [1.165, 1.54) is 9.69 Å². The summed E-state index contributed by atoms with van der Waals surface area (Å²) in [6.07, 6.45) is 0. The Bertz CT molecular complexity index is 1590. The van der Waals surface area contributed by atoms with Crippen molar-refractivity contribution in [2.24, 2.45) is 11.0 Å². The summed E-state index contributed by atoms with van der Waals surface area (Å²) in [7, 11) is 0. The van der Waals surface area contributed by atoms with E-state index < -0.39 is 11.8 Å². The third-order valence-corrected chi connectivity index (χ3v) is 7.46. The first-order valence-electron chi connectivity index (χ1n) is 11.3. The van der Waals surface area contributed by atoms with Crippen LogP contribution < -0.4 is 10.6 Å². The summed E-state index contributed by atoms with van der Waals surface area (Å²) in [5.74, 6) is -1.79. The quantitative estimate of drug-likeness (QED) is 0.273. The smallest absolute Gasteiger partial charge is 0.275 e. The molecule has 37 heavy (non-hydrogen) atoms. The fourth-order valence-corrected chi connectivity index (χ4v) is 5.46. The molecule has 2 heterocycles. The van der Waals surface area contributed by atoms with Crippen LogP contribution in [0, 0.1) is 12.8 Å². The summed E-state index contributed by atoms with van der Waals surface area (Å²) in [4.78, 5) is 27.8. The zero-order chi connectivity index (χ0) is 26.4. The number of nitrogens with one attached hydrogen (secondary N) is 1. The Kier molecular flexibility index (Phi) is 6.94. The number of nitrogens with zero attached hydrogens (tertiary/aromatic N) is 3. The zero-order valence-electron chi connectivity index (χ0n) is 19.7. The molecule has 1 aliphatic rings. The van der Waals surface area contributed by atoms with Crippen LogP contribution in [0.15, 0.2) is 76.6 Å². The number of benzene rings is 3. The monoisotopic (exact) mass is 572 g/mol. The summed E-state index contributed by atoms with van der Waals surface area (Å²) in [5, 5.41) is 10.9. The number of rotatable bonds is 5. The van der Waals surface area contributed by atoms with Gasteiger partial charge in [0.15, 0.2) is 0 Å². The van der Waals surface area contributed by atoms with Gasteiger partial charge in [-0.3, -0.25) is 14.7 Å². The van der Waals surface area contributed by atoms with Crippen LogP contribution in [0.5, 0.6) is 0 Å². The standard InChI is InChI=1S/C27H20Cl4N4O2/c1-14-23(26(36)34(32-14)19-8-3-16(28)4-9-19)25(21-12-7-18(30)13-22(21)31)24-15(2)33-35(27(24)37)20-10-5-17(29)6-11-20/h3-13,23,25,33H,1-2H3/t23-,25+/m1/s1. The molecule has 0 radical (unpaired) electrons. The number of aromatic nitrogens is 2. The summed E-state index contributed by atoms with van der Waals surface area (Å²) >= 11 is 24.9. The summed E-state index contributed by atoms with van der Waals surface area (Å²) in [5.41, 5.74) is 3.03. The second-order valence-corrected chi connectivity index (χ2v) is 10.5. The summed E-state index contributed by atoms with van der Waals surface area (Å²) < 4.78 is 1.43. The van der Waals surface area contributed by atoms with E-state index in [9.17, 15) is 9.59 Å². The van der Waals surface area contributed by atoms with E-state index in [1.54, 1.807) is 80.6 Å². The molecule has 0 fully saturated rings. The van der Waals surface area contributed by atoms with Gasteiger partial charge in [0.1, 0.15) is 0 Å². The maximum Gasteiger partial charge on any atom is 0.275 e. The molecule has 3 aromatic carbocycles. The Morgan fingerprint density at radius 1 is 0.811 bits per heavy atom. The number of H-pyrrole nitrogens is 1. The number of anilines is 1. The second kappa shape index (κ2) is 10.0. The lowest BCUT2D eigenvalue weighted by Gasteiger charge is -2.24. The third-order valence-electron chi connectivity index (χ3n) is 6.40. The van der Waals surface area contributed by atoms with E-state index in [0.29, 0.717) is 54.0 Å². The van der Waals surface area contributed by atoms with E-state index in [0.717, 1.165) is 0 Å². The van der Waals surface area contributed by atoms with Crippen molar-refractivity contribution in [3.63, 3.8) is 0 Å². The second-order valence-electron chi connectivity index (χ2n) is 8.76. The number of carbonyl (C=O) groups excluding carboxylic acids is 1. The van der Waals surface area contributed by atoms with Crippen molar-refractivity contribution in [1.82, 2.24) is 9.78 Å². The molecule has 10 heteroatoms. The highest BCUT2D eigenvalue weighted by molar-refractivity contribution is 6.35. The summed E-state index contributed by atoms with van der Waals surface area (Å²) in [6.45, 7) is 3.57. The first kappa shape index (κ1) is 25.6. The summed E-state index contributed by atoms with van der Waals surface area (Å²) in [6, 6.07) is 18.8. The van der Waals surface area contributed by atoms with E-state index in [1.807, 2.05) is 0 Å². The minimum Gasteiger partial charge on any atom is -0.295 e. The molecule has 0 saturated carbocycles. The van der Waals surface area contributed by atoms with Gasteiger partial charge in [0.2, 0.25) is 0 Å². The predicted molar refractivity (Wildman–Crippen MR) is 150 cm³/mol. The Balaban J connectivity index is 1.68. The van der Waals surface area contributed by atoms with Crippen LogP contribution in [0.4, 0.5) is 5.69 Å². The molecule has 0 spiro atoms. The molecule has 1 aromatic heterocycles. The fraction of sp³-hybridized carbons (Fsp3) is 0.148. The zero-order valence-corrected chi connectivity index (χ0v) is 22.7. The van der Waals surface area contributed by atoms with Gasteiger partial charge in [0.25, 0.3) is 11.5 Å². The molecule has 1 N–H and O–H groups in total. The Morgan fingerprint density at radius 3 is 1.97 bits per heavy atom. The molecular weight excluding hydrogens is 554 g/mol. The number of halogens is 4. The van der Waals surface area contributed by atoms with Crippen molar-refractivity contribution in [2.45, 2.75) is 19.8 Å². The Morgan fingerprint density at radius 2 is 1.38 bits per heavy atom. The first-order valence-corrected chi connectivity index (χ1v) is 12.8. The molecule has 6 nitrogen and oxygen atoms in total. The number of aromatic amines is 1. The van der Waals surface area contributed by atoms with Gasteiger partial charge < -0.3 is 0 Å². The van der Waals surface area contributed by atoms with Gasteiger partial charge in [-0.15, -0.1) is 0 Å². The molecule has 188 valence electrons. The minimum atomic E-state index is -0.782. The number of carbonyl (C=O) groups is 1. The van der Waals surface area contributed by atoms with Crippen LogP contribution in [-0.2, 0) is 4.79 Å². The van der Waals surface area contributed by atoms with Gasteiger partial charge in [-0.1, -0.05) is 52.5 Å². The number of hydrogen-bond acceptors (Lipinski definition) is 3. The highest BCUT2D eigenvalue weighted by atomic mass is 35.5. The van der Waals surface area contributed by atoms with Crippen molar-refractivity contribution in [1.29, 1.82) is 0 Å². The molecule has 0 bridgehead atoms. The van der Waals surface area contributed by atoms with E-state index in [2.05, 4.69) is 10.2 Å². The van der Waals surface area contributed by atoms with Gasteiger partial charge in [-0.2, -0.15) is 5.10 Å². The molecule has 5 rings (SSSR count). The topological polar surface area (TPSA) is 70.5 Å². The normalized spacial score (nSPS) is 16.3. The molecule has 1 amide bonds. The first-order chi connectivity index (χ1) is 17.7. The minimum absolute atomic E-state index is 0.283. The van der Waals surface area contributed by atoms with Crippen molar-refractivity contribution < 1.29 is 4.79 Å². The average molecular weight is 574 g/mol. The van der Waals surface area contributed by atoms with Crippen LogP contribution in [0.1, 0.15) is 29.7 Å². The predicted octanol–water partition coefficient (Wildman–Crippen LogP) is 7.26. The SMILES string of the molecule is CC1=NN(c2ccc(Cl)cc2)C(=O)[C@H]1[C@H](c1ccc(Cl)cc1Cl)c1c(C)[nH]n(-c2ccc(Cl)cc2)c1=O. The Hall–Kier alpha value is -3.03. The largest absolute Gasteiger partial charge is 0.295 e. The van der Waals surface area contributed by atoms with Crippen molar-refractivity contribution in [2.75, 3.05) is 5.01 Å². The van der Waals surface area contributed by atoms with Gasteiger partial charge in [0, 0.05) is 43.0 Å². The van der Waals surface area contributed by atoms with Gasteiger partial charge in [-0.25, -0.2) is 9.69 Å². The molecule has 4 aromatic rings. The van der Waals surface area contributed by atoms with Crippen molar-refractivity contribution >= 4 is 63.7 Å². The molecule has 2 atom stereocenters. The highest BCUT2D eigenvalue weighted by Crippen LogP contribution is 2.41. The van der Waals surface area contributed by atoms with Gasteiger partial charge in [-0.05, 0) is 80.1 Å². The van der Waals surface area contributed by atoms with E-state index in [-0.39, 0.29) is 11.5 Å². The molecule has 0 aliphatic carbocycles. The average Bonchev–Trinajstić information content (AvgIpc) is 3.32. The number of aryl methyl sites for hydroxylation is 1. The maximum absolute atomic E-state index is 13.9. The van der Waals surface area contributed by atoms with Crippen LogP contribution >= 0.6 is 46.4 Å². The van der Waals surface area contributed by atoms with Gasteiger partial charge in [0.05, 0.1) is 17.3 Å². The Labute approximate surface area is 233 Å². The fourth-order valence-electron chi connectivity index (χ4n) is 4.68. The van der Waals surface area contributed by atoms with Crippen LogP contribution in [0.3, 0.4) is 0 Å². The lowest BCUT2D eigenvalue weighted by molar-refractivity contribution is -0.120. The number of hydrazone groups is 1. The van der Waals surface area contributed by atoms with Crippen LogP contribution in [0.2, 0.25) is 20.1 Å².